The van der Waals surface area contributed by atoms with Crippen LogP contribution in [0.2, 0.25) is 0 Å². The number of ether oxygens (including phenoxy) is 1. The van der Waals surface area contributed by atoms with E-state index in [-0.39, 0.29) is 36.6 Å². The van der Waals surface area contributed by atoms with E-state index in [0.29, 0.717) is 38.2 Å². The molecule has 1 aromatic carbocycles. The number of benzene rings is 1. The Morgan fingerprint density at radius 2 is 1.52 bits per heavy atom. The second kappa shape index (κ2) is 12.3. The van der Waals surface area contributed by atoms with Gasteiger partial charge in [0.25, 0.3) is 0 Å². The van der Waals surface area contributed by atoms with E-state index in [0.717, 1.165) is 25.3 Å². The van der Waals surface area contributed by atoms with Crippen LogP contribution in [0.4, 0.5) is 11.4 Å². The van der Waals surface area contributed by atoms with Crippen LogP contribution in [0.3, 0.4) is 0 Å². The summed E-state index contributed by atoms with van der Waals surface area (Å²) in [6, 6.07) is 7.14. The lowest BCUT2D eigenvalue weighted by Gasteiger charge is -2.31. The van der Waals surface area contributed by atoms with Crippen LogP contribution in [0.15, 0.2) is 24.3 Å². The maximum atomic E-state index is 12.4. The van der Waals surface area contributed by atoms with Crippen LogP contribution >= 0.6 is 24.8 Å². The molecular formula is C20H32Cl2N4O3. The quantitative estimate of drug-likeness (QED) is 0.623. The minimum atomic E-state index is -0.875. The van der Waals surface area contributed by atoms with Crippen molar-refractivity contribution >= 4 is 48.0 Å². The van der Waals surface area contributed by atoms with E-state index in [4.69, 9.17) is 10.5 Å². The van der Waals surface area contributed by atoms with E-state index >= 15 is 0 Å². The van der Waals surface area contributed by atoms with Crippen molar-refractivity contribution in [1.82, 2.24) is 4.90 Å². The first kappa shape index (κ1) is 25.7. The van der Waals surface area contributed by atoms with Crippen LogP contribution < -0.4 is 16.4 Å². The third-order valence-electron chi connectivity index (χ3n) is 5.37. The predicted octanol–water partition coefficient (Wildman–Crippen LogP) is 2.79. The Labute approximate surface area is 184 Å². The van der Waals surface area contributed by atoms with Crippen molar-refractivity contribution in [3.05, 3.63) is 24.3 Å². The molecule has 1 aromatic rings. The number of hydrogen-bond acceptors (Lipinski definition) is 5. The third-order valence-corrected chi connectivity index (χ3v) is 5.37. The molecule has 4 N–H and O–H groups in total. The molecule has 0 aliphatic carbocycles. The molecular weight excluding hydrogens is 415 g/mol. The third kappa shape index (κ3) is 7.75. The summed E-state index contributed by atoms with van der Waals surface area (Å²) in [5, 5.41) is 5.78. The number of carbonyl (C=O) groups excluding carboxylic acids is 2. The fourth-order valence-electron chi connectivity index (χ4n) is 3.52. The molecule has 0 radical (unpaired) electrons. The molecule has 164 valence electrons. The zero-order valence-corrected chi connectivity index (χ0v) is 18.3. The molecule has 0 spiro atoms. The average Bonchev–Trinajstić information content (AvgIpc) is 2.69. The van der Waals surface area contributed by atoms with Gasteiger partial charge in [-0.15, -0.1) is 24.8 Å². The number of hydrogen-bond donors (Lipinski definition) is 3. The van der Waals surface area contributed by atoms with Crippen molar-refractivity contribution < 1.29 is 14.3 Å². The largest absolute Gasteiger partial charge is 0.381 e. The van der Waals surface area contributed by atoms with Gasteiger partial charge in [-0.1, -0.05) is 6.42 Å². The predicted molar refractivity (Wildman–Crippen MR) is 120 cm³/mol. The summed E-state index contributed by atoms with van der Waals surface area (Å²) < 4.78 is 5.27. The number of likely N-dealkylation sites (tertiary alicyclic amines) is 1. The summed E-state index contributed by atoms with van der Waals surface area (Å²) in [5.74, 6) is -0.176. The maximum Gasteiger partial charge on any atom is 0.244 e. The first-order valence-corrected chi connectivity index (χ1v) is 9.85. The Hall–Kier alpha value is -1.38. The monoisotopic (exact) mass is 446 g/mol. The van der Waals surface area contributed by atoms with E-state index in [2.05, 4.69) is 15.5 Å². The van der Waals surface area contributed by atoms with Gasteiger partial charge in [0, 0.05) is 37.6 Å². The van der Waals surface area contributed by atoms with Crippen molar-refractivity contribution in [1.29, 1.82) is 0 Å². The summed E-state index contributed by atoms with van der Waals surface area (Å²) in [6.07, 6.45) is 5.28. The Bertz CT molecular complexity index is 646. The number of piperidine rings is 1. The lowest BCUT2D eigenvalue weighted by Crippen LogP contribution is -2.54. The Morgan fingerprint density at radius 1 is 0.966 bits per heavy atom. The van der Waals surface area contributed by atoms with Gasteiger partial charge in [0.2, 0.25) is 11.8 Å². The second-order valence-corrected chi connectivity index (χ2v) is 7.50. The molecule has 7 nitrogen and oxygen atoms in total. The summed E-state index contributed by atoms with van der Waals surface area (Å²) in [4.78, 5) is 26.9. The molecule has 2 saturated heterocycles. The van der Waals surface area contributed by atoms with E-state index in [1.54, 1.807) is 24.3 Å². The van der Waals surface area contributed by atoms with Crippen LogP contribution in [0.1, 0.15) is 38.5 Å². The van der Waals surface area contributed by atoms with E-state index in [1.807, 2.05) is 0 Å². The van der Waals surface area contributed by atoms with Crippen molar-refractivity contribution in [2.45, 2.75) is 44.1 Å². The van der Waals surface area contributed by atoms with Crippen LogP contribution in [-0.2, 0) is 14.3 Å². The Kier molecular flexibility index (Phi) is 10.9. The van der Waals surface area contributed by atoms with Gasteiger partial charge in [0.1, 0.15) is 5.54 Å². The van der Waals surface area contributed by atoms with Crippen LogP contribution in [0.25, 0.3) is 0 Å². The van der Waals surface area contributed by atoms with Crippen molar-refractivity contribution in [2.75, 3.05) is 43.5 Å². The number of halogens is 2. The van der Waals surface area contributed by atoms with Gasteiger partial charge < -0.3 is 26.0 Å². The highest BCUT2D eigenvalue weighted by Gasteiger charge is 2.35. The molecule has 2 amide bonds. The highest BCUT2D eigenvalue weighted by molar-refractivity contribution is 5.98. The molecule has 9 heteroatoms. The van der Waals surface area contributed by atoms with Crippen molar-refractivity contribution in [3.8, 4) is 0 Å². The number of anilines is 2. The molecule has 2 aliphatic rings. The van der Waals surface area contributed by atoms with Crippen molar-refractivity contribution in [2.24, 2.45) is 5.73 Å². The van der Waals surface area contributed by atoms with Crippen LogP contribution in [0.5, 0.6) is 0 Å². The molecule has 0 saturated carbocycles. The van der Waals surface area contributed by atoms with Gasteiger partial charge in [0.15, 0.2) is 0 Å². The summed E-state index contributed by atoms with van der Waals surface area (Å²) >= 11 is 0. The standard InChI is InChI=1S/C20H30N4O3.2ClH/c21-20(9-14-27-15-10-20)19(26)23-17-6-4-16(5-7-17)22-18(25)8-13-24-11-2-1-3-12-24;;/h4-7H,1-3,8-15,21H2,(H,22,25)(H,23,26);2*1H. The first-order chi connectivity index (χ1) is 13.0. The number of amides is 2. The minimum absolute atomic E-state index is 0. The van der Waals surface area contributed by atoms with Gasteiger partial charge in [-0.25, -0.2) is 0 Å². The molecule has 29 heavy (non-hydrogen) atoms. The fourth-order valence-corrected chi connectivity index (χ4v) is 3.52. The SMILES string of the molecule is Cl.Cl.NC1(C(=O)Nc2ccc(NC(=O)CCN3CCCCC3)cc2)CCOCC1. The molecule has 0 aromatic heterocycles. The normalized spacial score (nSPS) is 18.7. The van der Waals surface area contributed by atoms with E-state index in [9.17, 15) is 9.59 Å². The molecule has 2 heterocycles. The van der Waals surface area contributed by atoms with Gasteiger partial charge in [0.05, 0.1) is 0 Å². The van der Waals surface area contributed by atoms with Gasteiger partial charge in [-0.05, 0) is 63.0 Å². The summed E-state index contributed by atoms with van der Waals surface area (Å²) in [7, 11) is 0. The molecule has 0 bridgehead atoms. The molecule has 3 rings (SSSR count). The van der Waals surface area contributed by atoms with Crippen LogP contribution in [0, 0.1) is 0 Å². The second-order valence-electron chi connectivity index (χ2n) is 7.50. The molecule has 2 fully saturated rings. The molecule has 2 aliphatic heterocycles. The molecule has 0 unspecified atom stereocenters. The highest BCUT2D eigenvalue weighted by Crippen LogP contribution is 2.21. The topological polar surface area (TPSA) is 96.7 Å². The fraction of sp³-hybridized carbons (Fsp3) is 0.600. The summed E-state index contributed by atoms with van der Waals surface area (Å²) in [5.41, 5.74) is 6.71. The van der Waals surface area contributed by atoms with Crippen LogP contribution in [-0.4, -0.2) is 55.1 Å². The maximum absolute atomic E-state index is 12.4. The number of rotatable bonds is 6. The number of carbonyl (C=O) groups is 2. The van der Waals surface area contributed by atoms with Gasteiger partial charge in [-0.2, -0.15) is 0 Å². The number of nitrogens with zero attached hydrogens (tertiary/aromatic N) is 1. The van der Waals surface area contributed by atoms with E-state index < -0.39 is 5.54 Å². The van der Waals surface area contributed by atoms with Gasteiger partial charge in [-0.3, -0.25) is 9.59 Å². The zero-order chi connectivity index (χ0) is 19.1. The average molecular weight is 447 g/mol. The number of nitrogens with one attached hydrogen (secondary N) is 2. The van der Waals surface area contributed by atoms with Gasteiger partial charge >= 0.3 is 0 Å². The minimum Gasteiger partial charge on any atom is -0.381 e. The summed E-state index contributed by atoms with van der Waals surface area (Å²) in [6.45, 7) is 4.01. The zero-order valence-electron chi connectivity index (χ0n) is 16.7. The smallest absolute Gasteiger partial charge is 0.244 e. The first-order valence-electron chi connectivity index (χ1n) is 9.85. The molecule has 0 atom stereocenters. The highest BCUT2D eigenvalue weighted by atomic mass is 35.5. The Morgan fingerprint density at radius 3 is 2.10 bits per heavy atom. The van der Waals surface area contributed by atoms with E-state index in [1.165, 1.54) is 19.3 Å². The lowest BCUT2D eigenvalue weighted by molar-refractivity contribution is -0.124. The Balaban J connectivity index is 0.00000210. The van der Waals surface area contributed by atoms with Crippen molar-refractivity contribution in [3.63, 3.8) is 0 Å². The number of nitrogens with two attached hydrogens (primary N) is 1. The lowest BCUT2D eigenvalue weighted by atomic mass is 9.90.